The Hall–Kier alpha value is -1.46. The first-order valence-electron chi connectivity index (χ1n) is 4.64. The van der Waals surface area contributed by atoms with Crippen LogP contribution in [0.5, 0.6) is 0 Å². The molecule has 0 fully saturated rings. The lowest BCUT2D eigenvalue weighted by atomic mass is 10.1. The average molecular weight is 314 g/mol. The number of pyridine rings is 1. The molecule has 0 bridgehead atoms. The van der Waals surface area contributed by atoms with Crippen LogP contribution in [0.4, 0.5) is 0 Å². The van der Waals surface area contributed by atoms with Crippen molar-refractivity contribution in [3.05, 3.63) is 55.8 Å². The van der Waals surface area contributed by atoms with Gasteiger partial charge in [0.25, 0.3) is 0 Å². The van der Waals surface area contributed by atoms with Crippen molar-refractivity contribution in [2.45, 2.75) is 0 Å². The van der Waals surface area contributed by atoms with Crippen LogP contribution in [-0.4, -0.2) is 9.91 Å². The monoisotopic (exact) mass is 312 g/mol. The molecule has 0 N–H and O–H groups in total. The van der Waals surface area contributed by atoms with Crippen molar-refractivity contribution in [1.82, 2.24) is 4.98 Å². The molecule has 0 aliphatic carbocycles. The van der Waals surface area contributed by atoms with Crippen LogP contribution in [0.2, 0.25) is 5.15 Å². The van der Waals surface area contributed by atoms with Gasteiger partial charge in [-0.2, -0.15) is 0 Å². The highest BCUT2D eigenvalue weighted by Crippen LogP contribution is 2.24. The van der Waals surface area contributed by atoms with Crippen molar-refractivity contribution in [2.75, 3.05) is 0 Å². The maximum atomic E-state index is 10.2. The van der Waals surface area contributed by atoms with Gasteiger partial charge in [-0.1, -0.05) is 33.6 Å². The molecule has 0 amide bonds. The lowest BCUT2D eigenvalue weighted by molar-refractivity contribution is -0.400. The maximum absolute atomic E-state index is 10.2. The summed E-state index contributed by atoms with van der Waals surface area (Å²) in [6.45, 7) is 0. The van der Waals surface area contributed by atoms with Gasteiger partial charge in [0.2, 0.25) is 6.20 Å². The van der Waals surface area contributed by atoms with Gasteiger partial charge in [0.05, 0.1) is 10.4 Å². The summed E-state index contributed by atoms with van der Waals surface area (Å²) in [7, 11) is 0. The molecule has 0 atom stereocenters. The minimum Gasteiger partial charge on any atom is -0.259 e. The third-order valence-electron chi connectivity index (χ3n) is 2.14. The largest absolute Gasteiger partial charge is 0.259 e. The van der Waals surface area contributed by atoms with E-state index < -0.39 is 4.92 Å². The average Bonchev–Trinajstić information content (AvgIpc) is 2.26. The van der Waals surface area contributed by atoms with Gasteiger partial charge in [0.15, 0.2) is 0 Å². The van der Waals surface area contributed by atoms with Crippen LogP contribution in [0.1, 0.15) is 5.56 Å². The number of fused-ring (bicyclic) bond motifs is 1. The van der Waals surface area contributed by atoms with E-state index in [0.29, 0.717) is 5.56 Å². The molecule has 2 aromatic rings. The van der Waals surface area contributed by atoms with Crippen molar-refractivity contribution < 1.29 is 4.92 Å². The Bertz CT molecular complexity index is 628. The van der Waals surface area contributed by atoms with Gasteiger partial charge >= 0.3 is 0 Å². The first kappa shape index (κ1) is 12.0. The molecule has 2 rings (SSSR count). The van der Waals surface area contributed by atoms with Gasteiger partial charge in [-0.3, -0.25) is 10.1 Å². The second-order valence-corrected chi connectivity index (χ2v) is 4.58. The summed E-state index contributed by atoms with van der Waals surface area (Å²) in [6, 6.07) is 7.34. The van der Waals surface area contributed by atoms with Gasteiger partial charge in [-0.05, 0) is 18.2 Å². The number of aromatic nitrogens is 1. The number of nitrogens with zero attached hydrogens (tertiary/aromatic N) is 2. The van der Waals surface area contributed by atoms with E-state index in [2.05, 4.69) is 20.9 Å². The molecule has 0 saturated heterocycles. The molecule has 0 unspecified atom stereocenters. The Morgan fingerprint density at radius 3 is 2.88 bits per heavy atom. The van der Waals surface area contributed by atoms with E-state index in [-0.39, 0.29) is 5.15 Å². The standard InChI is InChI=1S/C11H6BrClN2O2/c12-9-2-1-7-5-8(3-4-15(16)17)11(13)14-10(7)6-9/h1-6H. The van der Waals surface area contributed by atoms with E-state index in [1.165, 1.54) is 6.08 Å². The second-order valence-electron chi connectivity index (χ2n) is 3.31. The van der Waals surface area contributed by atoms with E-state index in [1.54, 1.807) is 6.07 Å². The Labute approximate surface area is 110 Å². The lowest BCUT2D eigenvalue weighted by Gasteiger charge is -2.01. The Balaban J connectivity index is 2.55. The highest BCUT2D eigenvalue weighted by molar-refractivity contribution is 9.10. The summed E-state index contributed by atoms with van der Waals surface area (Å²) < 4.78 is 0.905. The third-order valence-corrected chi connectivity index (χ3v) is 2.93. The molecule has 86 valence electrons. The van der Waals surface area contributed by atoms with Gasteiger partial charge < -0.3 is 0 Å². The summed E-state index contributed by atoms with van der Waals surface area (Å²) in [4.78, 5) is 13.9. The normalized spacial score (nSPS) is 11.2. The molecule has 0 radical (unpaired) electrons. The van der Waals surface area contributed by atoms with Gasteiger partial charge in [0.1, 0.15) is 5.15 Å². The minimum absolute atomic E-state index is 0.244. The molecular weight excluding hydrogens is 307 g/mol. The molecule has 17 heavy (non-hydrogen) atoms. The Morgan fingerprint density at radius 2 is 2.18 bits per heavy atom. The molecule has 0 aliphatic rings. The van der Waals surface area contributed by atoms with E-state index in [9.17, 15) is 10.1 Å². The zero-order valence-electron chi connectivity index (χ0n) is 8.43. The summed E-state index contributed by atoms with van der Waals surface area (Å²) >= 11 is 9.28. The van der Waals surface area contributed by atoms with Crippen LogP contribution < -0.4 is 0 Å². The predicted molar refractivity (Wildman–Crippen MR) is 70.5 cm³/mol. The van der Waals surface area contributed by atoms with Gasteiger partial charge in [0, 0.05) is 21.5 Å². The van der Waals surface area contributed by atoms with Crippen LogP contribution in [0, 0.1) is 10.1 Å². The van der Waals surface area contributed by atoms with Crippen LogP contribution in [0.3, 0.4) is 0 Å². The van der Waals surface area contributed by atoms with Crippen molar-refractivity contribution >= 4 is 44.5 Å². The van der Waals surface area contributed by atoms with Crippen molar-refractivity contribution in [2.24, 2.45) is 0 Å². The first-order chi connectivity index (χ1) is 8.06. The van der Waals surface area contributed by atoms with Crippen LogP contribution in [-0.2, 0) is 0 Å². The molecular formula is C11H6BrClN2O2. The molecule has 6 heteroatoms. The number of hydrogen-bond acceptors (Lipinski definition) is 3. The van der Waals surface area contributed by atoms with Crippen LogP contribution >= 0.6 is 27.5 Å². The number of halogens is 2. The fourth-order valence-corrected chi connectivity index (χ4v) is 1.95. The molecule has 1 aromatic heterocycles. The van der Waals surface area contributed by atoms with Gasteiger partial charge in [-0.25, -0.2) is 4.98 Å². The number of rotatable bonds is 2. The molecule has 0 aliphatic heterocycles. The highest BCUT2D eigenvalue weighted by atomic mass is 79.9. The van der Waals surface area contributed by atoms with Gasteiger partial charge in [-0.15, -0.1) is 0 Å². The molecule has 1 aromatic carbocycles. The number of hydrogen-bond donors (Lipinski definition) is 0. The summed E-state index contributed by atoms with van der Waals surface area (Å²) in [5, 5.41) is 11.4. The predicted octanol–water partition coefficient (Wildman–Crippen LogP) is 3.90. The molecule has 4 nitrogen and oxygen atoms in total. The maximum Gasteiger partial charge on any atom is 0.235 e. The van der Waals surface area contributed by atoms with E-state index in [0.717, 1.165) is 21.6 Å². The second kappa shape index (κ2) is 4.81. The van der Waals surface area contributed by atoms with E-state index in [1.807, 2.05) is 18.2 Å². The van der Waals surface area contributed by atoms with Crippen LogP contribution in [0.25, 0.3) is 17.0 Å². The number of nitro groups is 1. The summed E-state index contributed by atoms with van der Waals surface area (Å²) in [5.41, 5.74) is 1.26. The topological polar surface area (TPSA) is 56.0 Å². The van der Waals surface area contributed by atoms with E-state index in [4.69, 9.17) is 11.6 Å². The van der Waals surface area contributed by atoms with Crippen molar-refractivity contribution in [1.29, 1.82) is 0 Å². The summed E-state index contributed by atoms with van der Waals surface area (Å²) in [6.07, 6.45) is 2.17. The van der Waals surface area contributed by atoms with Crippen molar-refractivity contribution in [3.63, 3.8) is 0 Å². The quantitative estimate of drug-likeness (QED) is 0.480. The molecule has 1 heterocycles. The third kappa shape index (κ3) is 2.81. The fourth-order valence-electron chi connectivity index (χ4n) is 1.39. The first-order valence-corrected chi connectivity index (χ1v) is 5.81. The Morgan fingerprint density at radius 1 is 1.41 bits per heavy atom. The molecule has 0 saturated carbocycles. The molecule has 0 spiro atoms. The van der Waals surface area contributed by atoms with Crippen molar-refractivity contribution in [3.8, 4) is 0 Å². The smallest absolute Gasteiger partial charge is 0.235 e. The fraction of sp³-hybridized carbons (Fsp3) is 0. The zero-order valence-corrected chi connectivity index (χ0v) is 10.8. The minimum atomic E-state index is -0.540. The number of benzene rings is 1. The SMILES string of the molecule is O=[N+]([O-])C=Cc1cc2ccc(Br)cc2nc1Cl. The zero-order chi connectivity index (χ0) is 12.4. The highest BCUT2D eigenvalue weighted by Gasteiger charge is 2.04. The summed E-state index contributed by atoms with van der Waals surface area (Å²) in [5.74, 6) is 0. The Kier molecular flexibility index (Phi) is 3.40. The van der Waals surface area contributed by atoms with E-state index >= 15 is 0 Å². The van der Waals surface area contributed by atoms with Crippen LogP contribution in [0.15, 0.2) is 34.9 Å². The lowest BCUT2D eigenvalue weighted by Crippen LogP contribution is -1.87.